The summed E-state index contributed by atoms with van der Waals surface area (Å²) in [6.45, 7) is 0.319. The summed E-state index contributed by atoms with van der Waals surface area (Å²) < 4.78 is 4.69. The van der Waals surface area contributed by atoms with Crippen LogP contribution in [0.25, 0.3) is 0 Å². The van der Waals surface area contributed by atoms with E-state index in [-0.39, 0.29) is 11.6 Å². The van der Waals surface area contributed by atoms with Gasteiger partial charge in [-0.25, -0.2) is 4.98 Å². The van der Waals surface area contributed by atoms with Gasteiger partial charge in [-0.05, 0) is 12.1 Å². The fraction of sp³-hybridized carbons (Fsp3) is 0.111. The summed E-state index contributed by atoms with van der Waals surface area (Å²) in [4.78, 5) is 15.1. The van der Waals surface area contributed by atoms with Gasteiger partial charge in [0.05, 0.1) is 12.2 Å². The third kappa shape index (κ3) is 2.37. The molecule has 0 spiro atoms. The zero-order chi connectivity index (χ0) is 10.5. The molecule has 0 bridgehead atoms. The van der Waals surface area contributed by atoms with Crippen molar-refractivity contribution >= 4 is 5.91 Å². The fourth-order valence-electron chi connectivity index (χ4n) is 1.01. The quantitative estimate of drug-likeness (QED) is 0.782. The van der Waals surface area contributed by atoms with Gasteiger partial charge >= 0.3 is 0 Å². The molecule has 0 aliphatic rings. The van der Waals surface area contributed by atoms with Crippen LogP contribution in [0, 0.1) is 0 Å². The smallest absolute Gasteiger partial charge is 0.273 e. The van der Waals surface area contributed by atoms with E-state index in [1.54, 1.807) is 18.3 Å². The second-order valence-electron chi connectivity index (χ2n) is 2.77. The minimum Gasteiger partial charge on any atom is -0.451 e. The number of hydrogen-bond donors (Lipinski definition) is 1. The summed E-state index contributed by atoms with van der Waals surface area (Å²) >= 11 is 0. The Morgan fingerprint density at radius 1 is 1.53 bits per heavy atom. The lowest BCUT2D eigenvalue weighted by atomic mass is 10.3. The summed E-state index contributed by atoms with van der Waals surface area (Å²) in [5.41, 5.74) is 0.938. The van der Waals surface area contributed by atoms with Crippen molar-refractivity contribution in [3.63, 3.8) is 0 Å². The minimum atomic E-state index is -0.297. The molecule has 6 heteroatoms. The van der Waals surface area contributed by atoms with E-state index in [9.17, 15) is 4.79 Å². The fourth-order valence-corrected chi connectivity index (χ4v) is 1.01. The van der Waals surface area contributed by atoms with Gasteiger partial charge in [0.15, 0.2) is 12.1 Å². The monoisotopic (exact) mass is 204 g/mol. The first-order valence-corrected chi connectivity index (χ1v) is 4.29. The molecule has 2 heterocycles. The van der Waals surface area contributed by atoms with Crippen molar-refractivity contribution in [3.8, 4) is 0 Å². The summed E-state index contributed by atoms with van der Waals surface area (Å²) in [7, 11) is 0. The molecule has 2 aromatic heterocycles. The maximum absolute atomic E-state index is 11.4. The van der Waals surface area contributed by atoms with Gasteiger partial charge in [0.1, 0.15) is 6.26 Å². The highest BCUT2D eigenvalue weighted by atomic mass is 16.3. The SMILES string of the molecule is O=C(NCc1cccnn1)c1cocn1. The summed E-state index contributed by atoms with van der Waals surface area (Å²) in [6.07, 6.45) is 4.06. The van der Waals surface area contributed by atoms with Crippen LogP contribution >= 0.6 is 0 Å². The Bertz CT molecular complexity index is 427. The third-order valence-corrected chi connectivity index (χ3v) is 1.72. The van der Waals surface area contributed by atoms with Crippen molar-refractivity contribution in [2.75, 3.05) is 0 Å². The first kappa shape index (κ1) is 9.32. The van der Waals surface area contributed by atoms with Crippen molar-refractivity contribution < 1.29 is 9.21 Å². The number of amides is 1. The molecular weight excluding hydrogens is 196 g/mol. The maximum Gasteiger partial charge on any atom is 0.273 e. The number of hydrogen-bond acceptors (Lipinski definition) is 5. The number of carbonyl (C=O) groups excluding carboxylic acids is 1. The molecule has 15 heavy (non-hydrogen) atoms. The zero-order valence-corrected chi connectivity index (χ0v) is 7.75. The van der Waals surface area contributed by atoms with Crippen LogP contribution < -0.4 is 5.32 Å². The molecule has 0 aliphatic heterocycles. The molecule has 6 nitrogen and oxygen atoms in total. The molecule has 0 atom stereocenters. The van der Waals surface area contributed by atoms with Crippen LogP contribution in [-0.4, -0.2) is 21.1 Å². The Labute approximate surface area is 85.4 Å². The largest absolute Gasteiger partial charge is 0.451 e. The van der Waals surface area contributed by atoms with Crippen molar-refractivity contribution in [2.24, 2.45) is 0 Å². The molecule has 1 amide bonds. The van der Waals surface area contributed by atoms with Crippen LogP contribution in [0.4, 0.5) is 0 Å². The van der Waals surface area contributed by atoms with E-state index < -0.39 is 0 Å². The lowest BCUT2D eigenvalue weighted by Crippen LogP contribution is -2.23. The maximum atomic E-state index is 11.4. The summed E-state index contributed by atoms with van der Waals surface area (Å²) in [5.74, 6) is -0.297. The molecule has 2 rings (SSSR count). The van der Waals surface area contributed by atoms with Crippen molar-refractivity contribution in [3.05, 3.63) is 42.4 Å². The third-order valence-electron chi connectivity index (χ3n) is 1.72. The van der Waals surface area contributed by atoms with E-state index in [0.717, 1.165) is 0 Å². The number of oxazole rings is 1. The molecule has 0 saturated carbocycles. The first-order valence-electron chi connectivity index (χ1n) is 4.29. The molecule has 0 radical (unpaired) electrons. The van der Waals surface area contributed by atoms with Crippen LogP contribution in [0.3, 0.4) is 0 Å². The van der Waals surface area contributed by atoms with Gasteiger partial charge < -0.3 is 9.73 Å². The molecule has 1 N–H and O–H groups in total. The molecule has 2 aromatic rings. The predicted molar refractivity (Wildman–Crippen MR) is 49.7 cm³/mol. The average molecular weight is 204 g/mol. The lowest BCUT2D eigenvalue weighted by Gasteiger charge is -2.00. The van der Waals surface area contributed by atoms with Crippen LogP contribution in [-0.2, 0) is 6.54 Å². The van der Waals surface area contributed by atoms with Crippen molar-refractivity contribution in [2.45, 2.75) is 6.54 Å². The number of nitrogens with one attached hydrogen (secondary N) is 1. The Hall–Kier alpha value is -2.24. The molecule has 0 aromatic carbocycles. The highest BCUT2D eigenvalue weighted by molar-refractivity contribution is 5.91. The Balaban J connectivity index is 1.92. The molecule has 0 aliphatic carbocycles. The molecule has 0 fully saturated rings. The summed E-state index contributed by atoms with van der Waals surface area (Å²) in [6, 6.07) is 3.53. The second-order valence-corrected chi connectivity index (χ2v) is 2.77. The van der Waals surface area contributed by atoms with Crippen molar-refractivity contribution in [1.82, 2.24) is 20.5 Å². The first-order chi connectivity index (χ1) is 7.36. The van der Waals surface area contributed by atoms with Crippen LogP contribution in [0.1, 0.15) is 16.2 Å². The number of nitrogens with zero attached hydrogens (tertiary/aromatic N) is 3. The van der Waals surface area contributed by atoms with E-state index in [0.29, 0.717) is 12.2 Å². The Kier molecular flexibility index (Phi) is 2.68. The Morgan fingerprint density at radius 3 is 3.13 bits per heavy atom. The highest BCUT2D eigenvalue weighted by Crippen LogP contribution is 1.95. The van der Waals surface area contributed by atoms with Gasteiger partial charge in [-0.3, -0.25) is 4.79 Å². The lowest BCUT2D eigenvalue weighted by molar-refractivity contribution is 0.0945. The molecule has 76 valence electrons. The van der Waals surface area contributed by atoms with Crippen LogP contribution in [0.2, 0.25) is 0 Å². The van der Waals surface area contributed by atoms with Gasteiger partial charge in [0.2, 0.25) is 0 Å². The number of aromatic nitrogens is 3. The van der Waals surface area contributed by atoms with E-state index in [1.165, 1.54) is 12.7 Å². The average Bonchev–Trinajstić information content (AvgIpc) is 2.81. The number of rotatable bonds is 3. The van der Waals surface area contributed by atoms with E-state index >= 15 is 0 Å². The van der Waals surface area contributed by atoms with Crippen LogP contribution in [0.15, 0.2) is 35.4 Å². The van der Waals surface area contributed by atoms with E-state index in [4.69, 9.17) is 0 Å². The van der Waals surface area contributed by atoms with E-state index in [2.05, 4.69) is 24.9 Å². The van der Waals surface area contributed by atoms with Gasteiger partial charge in [-0.1, -0.05) is 0 Å². The van der Waals surface area contributed by atoms with Gasteiger partial charge in [-0.2, -0.15) is 10.2 Å². The predicted octanol–water partition coefficient (Wildman–Crippen LogP) is 0.395. The molecule has 0 unspecified atom stereocenters. The Morgan fingerprint density at radius 2 is 2.47 bits per heavy atom. The van der Waals surface area contributed by atoms with Crippen molar-refractivity contribution in [1.29, 1.82) is 0 Å². The van der Waals surface area contributed by atoms with Crippen LogP contribution in [0.5, 0.6) is 0 Å². The zero-order valence-electron chi connectivity index (χ0n) is 7.75. The van der Waals surface area contributed by atoms with E-state index in [1.807, 2.05) is 0 Å². The minimum absolute atomic E-state index is 0.249. The normalized spacial score (nSPS) is 9.87. The standard InChI is InChI=1S/C9H8N4O2/c14-9(8-5-15-6-11-8)10-4-7-2-1-3-12-13-7/h1-3,5-6H,4H2,(H,10,14). The second kappa shape index (κ2) is 4.32. The molecule has 0 saturated heterocycles. The number of carbonyl (C=O) groups is 1. The van der Waals surface area contributed by atoms with Gasteiger partial charge in [0, 0.05) is 6.20 Å². The highest BCUT2D eigenvalue weighted by Gasteiger charge is 2.07. The van der Waals surface area contributed by atoms with Gasteiger partial charge in [-0.15, -0.1) is 0 Å². The van der Waals surface area contributed by atoms with Gasteiger partial charge in [0.25, 0.3) is 5.91 Å². The summed E-state index contributed by atoms with van der Waals surface area (Å²) in [5, 5.41) is 10.2. The topological polar surface area (TPSA) is 80.9 Å². The molecular formula is C9H8N4O2.